The number of rotatable bonds is 3. The van der Waals surface area contributed by atoms with Gasteiger partial charge < -0.3 is 21.5 Å². The van der Waals surface area contributed by atoms with Gasteiger partial charge in [0.2, 0.25) is 0 Å². The van der Waals surface area contributed by atoms with Crippen LogP contribution < -0.4 is 21.7 Å². The second-order valence-electron chi connectivity index (χ2n) is 7.19. The molecule has 1 aromatic heterocycles. The molecule has 2 aliphatic rings. The molecule has 0 radical (unpaired) electrons. The van der Waals surface area contributed by atoms with Crippen LogP contribution in [0.15, 0.2) is 24.3 Å². The molecule has 3 heterocycles. The molecular weight excluding hydrogens is 372 g/mol. The Kier molecular flexibility index (Phi) is 4.45. The van der Waals surface area contributed by atoms with Crippen LogP contribution in [0.2, 0.25) is 5.02 Å². The number of nitrogens with two attached hydrogens (primary N) is 1. The van der Waals surface area contributed by atoms with Crippen molar-refractivity contribution in [3.8, 4) is 0 Å². The van der Waals surface area contributed by atoms with Crippen molar-refractivity contribution < 1.29 is 9.90 Å². The van der Waals surface area contributed by atoms with Crippen molar-refractivity contribution in [2.45, 2.75) is 44.0 Å². The second-order valence-corrected chi connectivity index (χ2v) is 8.73. The number of carbonyl (C=O) groups excluding carboxylic acids is 1. The first kappa shape index (κ1) is 17.8. The van der Waals surface area contributed by atoms with Gasteiger partial charge in [0.1, 0.15) is 11.2 Å². The molecule has 2 amide bonds. The van der Waals surface area contributed by atoms with Gasteiger partial charge in [-0.2, -0.15) is 0 Å². The van der Waals surface area contributed by atoms with Gasteiger partial charge in [0.05, 0.1) is 0 Å². The smallest absolute Gasteiger partial charge is 0.324 e. The summed E-state index contributed by atoms with van der Waals surface area (Å²) in [6.07, 6.45) is 1.85. The lowest BCUT2D eigenvalue weighted by atomic mass is 9.91. The first-order chi connectivity index (χ1) is 12.3. The van der Waals surface area contributed by atoms with Crippen LogP contribution in [-0.4, -0.2) is 16.7 Å². The Hall–Kier alpha value is -1.64. The summed E-state index contributed by atoms with van der Waals surface area (Å²) < 4.78 is 0. The number of thiophene rings is 1. The molecule has 8 heteroatoms. The summed E-state index contributed by atoms with van der Waals surface area (Å²) >= 11 is 7.36. The van der Waals surface area contributed by atoms with Gasteiger partial charge in [-0.05, 0) is 49.6 Å². The average molecular weight is 393 g/mol. The minimum absolute atomic E-state index is 0.0855. The Labute approximate surface area is 160 Å². The van der Waals surface area contributed by atoms with Gasteiger partial charge in [-0.25, -0.2) is 4.79 Å². The lowest BCUT2D eigenvalue weighted by Crippen LogP contribution is -2.43. The maximum absolute atomic E-state index is 12.4. The fourth-order valence-electron chi connectivity index (χ4n) is 3.94. The van der Waals surface area contributed by atoms with Crippen molar-refractivity contribution >= 4 is 39.7 Å². The first-order valence-corrected chi connectivity index (χ1v) is 9.74. The topological polar surface area (TPSA) is 99.4 Å². The zero-order valence-electron chi connectivity index (χ0n) is 14.3. The van der Waals surface area contributed by atoms with E-state index < -0.39 is 6.23 Å². The van der Waals surface area contributed by atoms with Crippen molar-refractivity contribution in [2.24, 2.45) is 5.73 Å². The number of anilines is 2. The van der Waals surface area contributed by atoms with E-state index in [0.717, 1.165) is 24.8 Å². The summed E-state index contributed by atoms with van der Waals surface area (Å²) in [6.45, 7) is 2.22. The summed E-state index contributed by atoms with van der Waals surface area (Å²) in [6, 6.07) is 6.67. The molecule has 3 unspecified atom stereocenters. The van der Waals surface area contributed by atoms with Crippen molar-refractivity contribution in [2.75, 3.05) is 10.6 Å². The molecule has 0 spiro atoms. The van der Waals surface area contributed by atoms with E-state index in [9.17, 15) is 9.90 Å². The van der Waals surface area contributed by atoms with Crippen molar-refractivity contribution in [1.29, 1.82) is 0 Å². The molecule has 2 bridgehead atoms. The number of carbonyl (C=O) groups is 1. The second kappa shape index (κ2) is 6.51. The van der Waals surface area contributed by atoms with Crippen LogP contribution in [0.5, 0.6) is 0 Å². The summed E-state index contributed by atoms with van der Waals surface area (Å²) in [5.74, 6) is 0. The van der Waals surface area contributed by atoms with Crippen molar-refractivity contribution in [3.05, 3.63) is 45.3 Å². The van der Waals surface area contributed by atoms with Crippen LogP contribution in [0.25, 0.3) is 0 Å². The number of nitrogens with one attached hydrogen (secondary N) is 3. The standard InChI is InChI=1S/C18H21ClN4O2S/c1-18-7-6-11(23-18)13-12(8-18)26-16(14(13)15(20)24)22-17(25)21-10-4-2-9(19)3-5-10/h2-5,11,15,23-24H,6-8,20H2,1H3,(H2,21,22,25). The van der Waals surface area contributed by atoms with Crippen molar-refractivity contribution in [3.63, 3.8) is 0 Å². The number of hydrogen-bond acceptors (Lipinski definition) is 5. The SMILES string of the molecule is CC12CCC(N1)c1c(sc(NC(=O)Nc3ccc(Cl)cc3)c1C(N)O)C2. The molecule has 1 saturated heterocycles. The molecule has 2 aliphatic heterocycles. The highest BCUT2D eigenvalue weighted by Gasteiger charge is 2.44. The van der Waals surface area contributed by atoms with E-state index in [1.54, 1.807) is 24.3 Å². The summed E-state index contributed by atoms with van der Waals surface area (Å²) in [4.78, 5) is 13.6. The number of halogens is 1. The quantitative estimate of drug-likeness (QED) is 0.514. The maximum atomic E-state index is 12.4. The Balaban J connectivity index is 1.59. The normalized spacial score (nSPS) is 24.8. The van der Waals surface area contributed by atoms with Gasteiger partial charge in [-0.1, -0.05) is 11.6 Å². The predicted molar refractivity (Wildman–Crippen MR) is 105 cm³/mol. The third-order valence-corrected chi connectivity index (χ3v) is 6.48. The number of aliphatic hydroxyl groups is 1. The lowest BCUT2D eigenvalue weighted by Gasteiger charge is -2.31. The lowest BCUT2D eigenvalue weighted by molar-refractivity contribution is 0.185. The summed E-state index contributed by atoms with van der Waals surface area (Å²) in [5.41, 5.74) is 8.24. The average Bonchev–Trinajstić information content (AvgIpc) is 3.08. The van der Waals surface area contributed by atoms with E-state index >= 15 is 0 Å². The fourth-order valence-corrected chi connectivity index (χ4v) is 5.55. The number of aliphatic hydroxyl groups excluding tert-OH is 1. The predicted octanol–water partition coefficient (Wildman–Crippen LogP) is 3.73. The molecule has 1 aromatic carbocycles. The Morgan fingerprint density at radius 1 is 1.42 bits per heavy atom. The third kappa shape index (κ3) is 3.21. The largest absolute Gasteiger partial charge is 0.374 e. The van der Waals surface area contributed by atoms with Gasteiger partial charge in [0.25, 0.3) is 0 Å². The molecule has 0 aliphatic carbocycles. The monoisotopic (exact) mass is 392 g/mol. The van der Waals surface area contributed by atoms with E-state index in [1.165, 1.54) is 16.2 Å². The fraction of sp³-hybridized carbons (Fsp3) is 0.389. The van der Waals surface area contributed by atoms with Crippen LogP contribution in [-0.2, 0) is 6.42 Å². The zero-order chi connectivity index (χ0) is 18.5. The minimum atomic E-state index is -1.13. The minimum Gasteiger partial charge on any atom is -0.374 e. The molecule has 26 heavy (non-hydrogen) atoms. The van der Waals surface area contributed by atoms with E-state index in [0.29, 0.717) is 21.3 Å². The highest BCUT2D eigenvalue weighted by atomic mass is 35.5. The van der Waals surface area contributed by atoms with Crippen LogP contribution >= 0.6 is 22.9 Å². The van der Waals surface area contributed by atoms with Crippen molar-refractivity contribution in [1.82, 2.24) is 5.32 Å². The Morgan fingerprint density at radius 3 is 2.85 bits per heavy atom. The number of hydrogen-bond donors (Lipinski definition) is 5. The number of urea groups is 1. The van der Waals surface area contributed by atoms with Gasteiger partial charge >= 0.3 is 6.03 Å². The van der Waals surface area contributed by atoms with E-state index in [1.807, 2.05) is 0 Å². The van der Waals surface area contributed by atoms with Gasteiger partial charge in [-0.3, -0.25) is 5.32 Å². The molecule has 3 atom stereocenters. The molecule has 4 rings (SSSR count). The third-order valence-electron chi connectivity index (χ3n) is 5.09. The molecule has 6 nitrogen and oxygen atoms in total. The van der Waals surface area contributed by atoms with E-state index in [4.69, 9.17) is 17.3 Å². The highest BCUT2D eigenvalue weighted by molar-refractivity contribution is 7.16. The van der Waals surface area contributed by atoms with Crippen LogP contribution in [0, 0.1) is 0 Å². The molecule has 6 N–H and O–H groups in total. The Bertz CT molecular complexity index is 852. The highest BCUT2D eigenvalue weighted by Crippen LogP contribution is 2.50. The molecule has 2 aromatic rings. The number of amides is 2. The number of fused-ring (bicyclic) bond motifs is 4. The van der Waals surface area contributed by atoms with Gasteiger partial charge in [0.15, 0.2) is 0 Å². The van der Waals surface area contributed by atoms with Crippen LogP contribution in [0.4, 0.5) is 15.5 Å². The van der Waals surface area contributed by atoms with Crippen LogP contribution in [0.1, 0.15) is 48.0 Å². The zero-order valence-corrected chi connectivity index (χ0v) is 15.9. The molecule has 1 fully saturated rings. The number of benzene rings is 1. The molecule has 0 saturated carbocycles. The van der Waals surface area contributed by atoms with Crippen LogP contribution in [0.3, 0.4) is 0 Å². The summed E-state index contributed by atoms with van der Waals surface area (Å²) in [5, 5.41) is 20.6. The van der Waals surface area contributed by atoms with E-state index in [2.05, 4.69) is 22.9 Å². The maximum Gasteiger partial charge on any atom is 0.324 e. The molecule has 138 valence electrons. The molecular formula is C18H21ClN4O2S. The van der Waals surface area contributed by atoms with Gasteiger partial charge in [0, 0.05) is 39.2 Å². The van der Waals surface area contributed by atoms with E-state index in [-0.39, 0.29) is 17.6 Å². The summed E-state index contributed by atoms with van der Waals surface area (Å²) in [7, 11) is 0. The first-order valence-electron chi connectivity index (χ1n) is 8.55. The Morgan fingerprint density at radius 2 is 2.15 bits per heavy atom. The van der Waals surface area contributed by atoms with Gasteiger partial charge in [-0.15, -0.1) is 11.3 Å².